The van der Waals surface area contributed by atoms with E-state index in [4.69, 9.17) is 0 Å². The van der Waals surface area contributed by atoms with Crippen molar-refractivity contribution in [2.24, 2.45) is 0 Å². The molecule has 0 bridgehead atoms. The fourth-order valence-electron chi connectivity index (χ4n) is 3.78. The first kappa shape index (κ1) is 24.2. The van der Waals surface area contributed by atoms with Gasteiger partial charge in [0.2, 0.25) is 0 Å². The molecule has 0 N–H and O–H groups in total. The van der Waals surface area contributed by atoms with E-state index >= 15 is 0 Å². The zero-order valence-electron chi connectivity index (χ0n) is 16.4. The summed E-state index contributed by atoms with van der Waals surface area (Å²) in [5.41, 5.74) is 0. The van der Waals surface area contributed by atoms with Crippen LogP contribution in [0.5, 0.6) is 0 Å². The van der Waals surface area contributed by atoms with Crippen molar-refractivity contribution in [3.8, 4) is 0 Å². The Morgan fingerprint density at radius 3 is 1.27 bits per heavy atom. The van der Waals surface area contributed by atoms with Crippen LogP contribution in [0.15, 0.2) is 109 Å². The Hall–Kier alpha value is -2.06. The Kier molecular flexibility index (Phi) is 9.17. The van der Waals surface area contributed by atoms with E-state index in [1.807, 2.05) is 0 Å². The van der Waals surface area contributed by atoms with Crippen LogP contribution in [0.25, 0.3) is 43.1 Å². The number of hydrogen-bond donors (Lipinski definition) is 0. The molecule has 0 nitrogen and oxygen atoms in total. The molecule has 0 fully saturated rings. The molecule has 0 radical (unpaired) electrons. The molecular formula is C27H20Cl2Hf-2. The molecule has 0 aliphatic carbocycles. The molecule has 6 rings (SSSR count). The minimum absolute atomic E-state index is 0. The van der Waals surface area contributed by atoms with Gasteiger partial charge in [0.25, 0.3) is 0 Å². The normalized spacial score (nSPS) is 9.80. The van der Waals surface area contributed by atoms with E-state index in [0.29, 0.717) is 0 Å². The van der Waals surface area contributed by atoms with E-state index < -0.39 is 0 Å². The second kappa shape index (κ2) is 11.4. The van der Waals surface area contributed by atoms with Crippen molar-refractivity contribution >= 4 is 47.4 Å². The summed E-state index contributed by atoms with van der Waals surface area (Å²) in [6.07, 6.45) is 0. The Morgan fingerprint density at radius 2 is 0.833 bits per heavy atom. The SMILES string of the molecule is [CH2]=[Hf+2].[Cl-].[Cl-].c1ccc2c(c1)ccc1cc[cH-]c12.c1ccc2c(c1)ccc1cc[cH-]c12. The quantitative estimate of drug-likeness (QED) is 0.185. The van der Waals surface area contributed by atoms with Gasteiger partial charge < -0.3 is 24.8 Å². The van der Waals surface area contributed by atoms with Gasteiger partial charge in [0, 0.05) is 0 Å². The topological polar surface area (TPSA) is 0 Å². The van der Waals surface area contributed by atoms with Crippen molar-refractivity contribution in [2.75, 3.05) is 0 Å². The van der Waals surface area contributed by atoms with Gasteiger partial charge in [0.05, 0.1) is 0 Å². The maximum Gasteiger partial charge on any atom is -0.0606 e. The zero-order valence-corrected chi connectivity index (χ0v) is 21.5. The van der Waals surface area contributed by atoms with Crippen molar-refractivity contribution < 1.29 is 48.7 Å². The van der Waals surface area contributed by atoms with Crippen LogP contribution in [0.4, 0.5) is 0 Å². The van der Waals surface area contributed by atoms with Crippen LogP contribution in [-0.4, -0.2) is 4.26 Å². The molecule has 0 spiro atoms. The van der Waals surface area contributed by atoms with Crippen molar-refractivity contribution in [3.05, 3.63) is 109 Å². The summed E-state index contributed by atoms with van der Waals surface area (Å²) in [4.78, 5) is 0. The summed E-state index contributed by atoms with van der Waals surface area (Å²) in [5, 5.41) is 10.7. The van der Waals surface area contributed by atoms with Crippen LogP contribution in [0.2, 0.25) is 0 Å². The third-order valence-corrected chi connectivity index (χ3v) is 5.09. The predicted octanol–water partition coefficient (Wildman–Crippen LogP) is 1.40. The Morgan fingerprint density at radius 1 is 0.467 bits per heavy atom. The molecule has 0 saturated heterocycles. The smallest absolute Gasteiger partial charge is 0.0606 e. The molecule has 0 aromatic heterocycles. The van der Waals surface area contributed by atoms with Gasteiger partial charge in [-0.3, -0.25) is 0 Å². The second-order valence-corrected chi connectivity index (χ2v) is 6.63. The molecule has 0 heterocycles. The van der Waals surface area contributed by atoms with Gasteiger partial charge in [-0.25, -0.2) is 0 Å². The molecular weight excluding hydrogens is 574 g/mol. The first-order valence-electron chi connectivity index (χ1n) is 9.32. The second-order valence-electron chi connectivity index (χ2n) is 6.63. The monoisotopic (exact) mass is 594 g/mol. The minimum atomic E-state index is 0. The summed E-state index contributed by atoms with van der Waals surface area (Å²) in [5.74, 6) is 0. The molecule has 6 aromatic carbocycles. The summed E-state index contributed by atoms with van der Waals surface area (Å²) in [7, 11) is 0. The van der Waals surface area contributed by atoms with E-state index in [-0.39, 0.29) is 24.8 Å². The average molecular weight is 594 g/mol. The maximum atomic E-state index is 3.39. The minimum Gasteiger partial charge on any atom is -1.00 e. The summed E-state index contributed by atoms with van der Waals surface area (Å²) in [6, 6.07) is 38.6. The van der Waals surface area contributed by atoms with Gasteiger partial charge in [0.1, 0.15) is 0 Å². The fraction of sp³-hybridized carbons (Fsp3) is 0. The van der Waals surface area contributed by atoms with E-state index in [0.717, 1.165) is 23.9 Å². The summed E-state index contributed by atoms with van der Waals surface area (Å²) >= 11 is 1.06. The van der Waals surface area contributed by atoms with E-state index in [2.05, 4.69) is 113 Å². The van der Waals surface area contributed by atoms with Crippen LogP contribution in [-0.2, 0) is 23.9 Å². The van der Waals surface area contributed by atoms with Crippen LogP contribution < -0.4 is 24.8 Å². The number of benzene rings is 4. The molecule has 148 valence electrons. The molecule has 0 saturated carbocycles. The summed E-state index contributed by atoms with van der Waals surface area (Å²) in [6.45, 7) is 0. The molecule has 3 heteroatoms. The molecule has 0 aliphatic rings. The summed E-state index contributed by atoms with van der Waals surface area (Å²) < 4.78 is 3.39. The van der Waals surface area contributed by atoms with E-state index in [9.17, 15) is 0 Å². The van der Waals surface area contributed by atoms with Crippen molar-refractivity contribution in [3.63, 3.8) is 0 Å². The van der Waals surface area contributed by atoms with E-state index in [1.165, 1.54) is 43.1 Å². The van der Waals surface area contributed by atoms with Crippen molar-refractivity contribution in [1.29, 1.82) is 0 Å². The predicted molar refractivity (Wildman–Crippen MR) is 121 cm³/mol. The van der Waals surface area contributed by atoms with Gasteiger partial charge in [-0.1, -0.05) is 82.2 Å². The van der Waals surface area contributed by atoms with Gasteiger partial charge in [0.15, 0.2) is 0 Å². The van der Waals surface area contributed by atoms with Gasteiger partial charge >= 0.3 is 28.2 Å². The number of rotatable bonds is 0. The molecule has 0 aliphatic heterocycles. The van der Waals surface area contributed by atoms with E-state index in [1.54, 1.807) is 0 Å². The average Bonchev–Trinajstić information content (AvgIpc) is 3.45. The molecule has 6 aromatic rings. The van der Waals surface area contributed by atoms with Crippen LogP contribution >= 0.6 is 0 Å². The maximum absolute atomic E-state index is 3.39. The van der Waals surface area contributed by atoms with Gasteiger partial charge in [-0.05, 0) is 0 Å². The van der Waals surface area contributed by atoms with Crippen molar-refractivity contribution in [2.45, 2.75) is 0 Å². The first-order valence-corrected chi connectivity index (χ1v) is 11.9. The number of hydrogen-bond acceptors (Lipinski definition) is 0. The molecule has 0 atom stereocenters. The van der Waals surface area contributed by atoms with Gasteiger partial charge in [-0.15, -0.1) is 45.8 Å². The third kappa shape index (κ3) is 4.81. The van der Waals surface area contributed by atoms with Crippen molar-refractivity contribution in [1.82, 2.24) is 0 Å². The first-order chi connectivity index (χ1) is 13.9. The molecule has 0 unspecified atom stereocenters. The van der Waals surface area contributed by atoms with Crippen LogP contribution in [0.1, 0.15) is 0 Å². The fourth-order valence-corrected chi connectivity index (χ4v) is 3.78. The molecule has 30 heavy (non-hydrogen) atoms. The number of fused-ring (bicyclic) bond motifs is 6. The largest absolute Gasteiger partial charge is 1.00 e. The molecule has 0 amide bonds. The zero-order chi connectivity index (χ0) is 19.3. The van der Waals surface area contributed by atoms with Gasteiger partial charge in [-0.2, -0.15) is 24.3 Å². The Balaban J connectivity index is 0.000000186. The Labute approximate surface area is 204 Å². The Bertz CT molecular complexity index is 1260. The van der Waals surface area contributed by atoms with Crippen LogP contribution in [0, 0.1) is 0 Å². The standard InChI is InChI=1S/2C13H9.CH2.2ClH.Hf/c2*1-2-6-12-10(4-1)8-9-11-5-3-7-13(11)12;;;;/h2*1-9H;1H2;2*1H;/q2*-1;;;;+2/p-2. The number of halogens is 2. The third-order valence-electron chi connectivity index (χ3n) is 5.09. The van der Waals surface area contributed by atoms with Crippen LogP contribution in [0.3, 0.4) is 0 Å².